The van der Waals surface area contributed by atoms with E-state index < -0.39 is 0 Å². The Morgan fingerprint density at radius 2 is 2.36 bits per heavy atom. The van der Waals surface area contributed by atoms with Crippen LogP contribution >= 0.6 is 0 Å². The Bertz CT molecular complexity index is 649. The van der Waals surface area contributed by atoms with Crippen molar-refractivity contribution >= 4 is 5.91 Å². The molecule has 1 aliphatic heterocycles. The van der Waals surface area contributed by atoms with Gasteiger partial charge in [0.05, 0.1) is 13.2 Å². The van der Waals surface area contributed by atoms with Crippen LogP contribution in [-0.4, -0.2) is 45.3 Å². The fourth-order valence-corrected chi connectivity index (χ4v) is 2.71. The first kappa shape index (κ1) is 14.8. The third-order valence-electron chi connectivity index (χ3n) is 3.76. The minimum Gasteiger partial charge on any atom is -0.381 e. The molecule has 0 bridgehead atoms. The molecular formula is C15H20N4O3. The van der Waals surface area contributed by atoms with Gasteiger partial charge in [0.25, 0.3) is 5.91 Å². The van der Waals surface area contributed by atoms with Gasteiger partial charge in [0.2, 0.25) is 0 Å². The van der Waals surface area contributed by atoms with Gasteiger partial charge in [0.1, 0.15) is 11.6 Å². The van der Waals surface area contributed by atoms with Crippen molar-refractivity contribution in [3.63, 3.8) is 0 Å². The van der Waals surface area contributed by atoms with Crippen molar-refractivity contribution in [3.05, 3.63) is 35.7 Å². The van der Waals surface area contributed by atoms with Gasteiger partial charge in [0.15, 0.2) is 5.69 Å². The molecule has 0 aliphatic carbocycles. The predicted molar refractivity (Wildman–Crippen MR) is 78.2 cm³/mol. The highest BCUT2D eigenvalue weighted by atomic mass is 16.5. The van der Waals surface area contributed by atoms with E-state index in [0.29, 0.717) is 37.8 Å². The zero-order valence-electron chi connectivity index (χ0n) is 12.9. The van der Waals surface area contributed by atoms with Crippen molar-refractivity contribution in [2.75, 3.05) is 19.8 Å². The van der Waals surface area contributed by atoms with Gasteiger partial charge in [-0.1, -0.05) is 5.16 Å². The Morgan fingerprint density at radius 3 is 3.09 bits per heavy atom. The van der Waals surface area contributed by atoms with Crippen LogP contribution in [0.15, 0.2) is 23.0 Å². The van der Waals surface area contributed by atoms with Crippen LogP contribution in [0.4, 0.5) is 0 Å². The number of amides is 1. The van der Waals surface area contributed by atoms with Crippen molar-refractivity contribution in [2.45, 2.75) is 26.9 Å². The van der Waals surface area contributed by atoms with Gasteiger partial charge < -0.3 is 18.7 Å². The number of nitrogens with zero attached hydrogens (tertiary/aromatic N) is 4. The van der Waals surface area contributed by atoms with Crippen LogP contribution in [0, 0.1) is 12.8 Å². The van der Waals surface area contributed by atoms with E-state index in [1.807, 2.05) is 13.1 Å². The van der Waals surface area contributed by atoms with E-state index in [0.717, 1.165) is 12.4 Å². The molecule has 0 fully saturated rings. The van der Waals surface area contributed by atoms with E-state index in [9.17, 15) is 4.79 Å². The number of ether oxygens (including phenoxy) is 1. The lowest BCUT2D eigenvalue weighted by Crippen LogP contribution is -2.35. The number of hydrogen-bond donors (Lipinski definition) is 0. The second kappa shape index (κ2) is 6.31. The molecule has 0 spiro atoms. The molecule has 7 nitrogen and oxygen atoms in total. The summed E-state index contributed by atoms with van der Waals surface area (Å²) in [6, 6.07) is 1.66. The van der Waals surface area contributed by atoms with Crippen LogP contribution < -0.4 is 0 Å². The second-order valence-corrected chi connectivity index (χ2v) is 5.53. The van der Waals surface area contributed by atoms with Gasteiger partial charge >= 0.3 is 0 Å². The van der Waals surface area contributed by atoms with Crippen LogP contribution in [-0.2, 0) is 17.8 Å². The molecule has 0 unspecified atom stereocenters. The SMILES string of the molecule is CCOC[C@@H]1CN(C(=O)c2cc(C)on2)Cc2nccn2C1. The molecule has 118 valence electrons. The second-order valence-electron chi connectivity index (χ2n) is 5.53. The maximum Gasteiger partial charge on any atom is 0.276 e. The molecule has 0 N–H and O–H groups in total. The molecule has 3 heterocycles. The lowest BCUT2D eigenvalue weighted by Gasteiger charge is -2.22. The van der Waals surface area contributed by atoms with E-state index in [4.69, 9.17) is 9.26 Å². The van der Waals surface area contributed by atoms with Crippen LogP contribution in [0.1, 0.15) is 29.0 Å². The third kappa shape index (κ3) is 3.04. The van der Waals surface area contributed by atoms with Crippen molar-refractivity contribution in [2.24, 2.45) is 5.92 Å². The highest BCUT2D eigenvalue weighted by Gasteiger charge is 2.27. The van der Waals surface area contributed by atoms with Crippen LogP contribution in [0.25, 0.3) is 0 Å². The van der Waals surface area contributed by atoms with Gasteiger partial charge in [0, 0.05) is 44.1 Å². The number of hydrogen-bond acceptors (Lipinski definition) is 5. The highest BCUT2D eigenvalue weighted by Crippen LogP contribution is 2.18. The lowest BCUT2D eigenvalue weighted by atomic mass is 10.1. The molecule has 0 saturated carbocycles. The van der Waals surface area contributed by atoms with Crippen molar-refractivity contribution in [3.8, 4) is 0 Å². The number of carbonyl (C=O) groups excluding carboxylic acids is 1. The Hall–Kier alpha value is -2.15. The number of rotatable bonds is 4. The predicted octanol–water partition coefficient (Wildman–Crippen LogP) is 1.49. The smallest absolute Gasteiger partial charge is 0.276 e. The van der Waals surface area contributed by atoms with Gasteiger partial charge in [-0.15, -0.1) is 0 Å². The zero-order chi connectivity index (χ0) is 15.5. The van der Waals surface area contributed by atoms with Crippen LogP contribution in [0.5, 0.6) is 0 Å². The van der Waals surface area contributed by atoms with E-state index in [1.54, 1.807) is 24.1 Å². The van der Waals surface area contributed by atoms with E-state index >= 15 is 0 Å². The average molecular weight is 304 g/mol. The minimum absolute atomic E-state index is 0.130. The molecule has 2 aromatic rings. The molecule has 0 aromatic carbocycles. The fraction of sp³-hybridized carbons (Fsp3) is 0.533. The molecule has 3 rings (SSSR count). The molecule has 0 saturated heterocycles. The number of imidazole rings is 1. The molecule has 1 aliphatic rings. The summed E-state index contributed by atoms with van der Waals surface area (Å²) in [6.45, 7) is 6.93. The quantitative estimate of drug-likeness (QED) is 0.855. The average Bonchev–Trinajstić information content (AvgIpc) is 3.09. The summed E-state index contributed by atoms with van der Waals surface area (Å²) in [5.74, 6) is 1.61. The van der Waals surface area contributed by atoms with Gasteiger partial charge in [-0.2, -0.15) is 0 Å². The Labute approximate surface area is 128 Å². The largest absolute Gasteiger partial charge is 0.381 e. The summed E-state index contributed by atoms with van der Waals surface area (Å²) >= 11 is 0. The number of carbonyl (C=O) groups is 1. The number of aromatic nitrogens is 3. The molecule has 7 heteroatoms. The summed E-state index contributed by atoms with van der Waals surface area (Å²) < 4.78 is 12.7. The molecule has 1 atom stereocenters. The van der Waals surface area contributed by atoms with E-state index in [-0.39, 0.29) is 11.8 Å². The lowest BCUT2D eigenvalue weighted by molar-refractivity contribution is 0.0610. The van der Waals surface area contributed by atoms with E-state index in [1.165, 1.54) is 0 Å². The zero-order valence-corrected chi connectivity index (χ0v) is 12.9. The first-order valence-electron chi connectivity index (χ1n) is 7.47. The third-order valence-corrected chi connectivity index (χ3v) is 3.76. The Kier molecular flexibility index (Phi) is 4.24. The van der Waals surface area contributed by atoms with Crippen LogP contribution in [0.2, 0.25) is 0 Å². The maximum absolute atomic E-state index is 12.6. The molecule has 1 amide bonds. The fourth-order valence-electron chi connectivity index (χ4n) is 2.71. The van der Waals surface area contributed by atoms with Gasteiger partial charge in [-0.25, -0.2) is 4.98 Å². The van der Waals surface area contributed by atoms with Crippen molar-refractivity contribution in [1.82, 2.24) is 19.6 Å². The molecule has 2 aromatic heterocycles. The number of fused-ring (bicyclic) bond motifs is 1. The summed E-state index contributed by atoms with van der Waals surface area (Å²) in [6.07, 6.45) is 3.71. The normalized spacial score (nSPS) is 18.1. The van der Waals surface area contributed by atoms with Gasteiger partial charge in [-0.05, 0) is 13.8 Å². The van der Waals surface area contributed by atoms with Crippen LogP contribution in [0.3, 0.4) is 0 Å². The molecule has 22 heavy (non-hydrogen) atoms. The van der Waals surface area contributed by atoms with E-state index in [2.05, 4.69) is 14.7 Å². The standard InChI is InChI=1S/C15H20N4O3/c1-3-21-10-12-7-18-5-4-16-14(18)9-19(8-12)15(20)13-6-11(2)22-17-13/h4-6,12H,3,7-10H2,1-2H3/t12-/m0/s1. The molecule has 0 radical (unpaired) electrons. The number of aryl methyl sites for hydroxylation is 1. The van der Waals surface area contributed by atoms with Crippen molar-refractivity contribution in [1.29, 1.82) is 0 Å². The first-order chi connectivity index (χ1) is 10.7. The summed E-state index contributed by atoms with van der Waals surface area (Å²) in [4.78, 5) is 18.8. The maximum atomic E-state index is 12.6. The first-order valence-corrected chi connectivity index (χ1v) is 7.47. The Balaban J connectivity index is 1.82. The summed E-state index contributed by atoms with van der Waals surface area (Å²) in [5.41, 5.74) is 0.340. The topological polar surface area (TPSA) is 73.4 Å². The minimum atomic E-state index is -0.130. The van der Waals surface area contributed by atoms with Crippen molar-refractivity contribution < 1.29 is 14.1 Å². The summed E-state index contributed by atoms with van der Waals surface area (Å²) in [7, 11) is 0. The molecular weight excluding hydrogens is 284 g/mol. The summed E-state index contributed by atoms with van der Waals surface area (Å²) in [5, 5.41) is 3.83. The Morgan fingerprint density at radius 1 is 1.50 bits per heavy atom. The highest BCUT2D eigenvalue weighted by molar-refractivity contribution is 5.92. The van der Waals surface area contributed by atoms with Gasteiger partial charge in [-0.3, -0.25) is 4.79 Å². The monoisotopic (exact) mass is 304 g/mol.